The predicted molar refractivity (Wildman–Crippen MR) is 64.2 cm³/mol. The Bertz CT molecular complexity index is 363. The second-order valence-corrected chi connectivity index (χ2v) is 4.22. The molecule has 1 rings (SSSR count). The average Bonchev–Trinajstić information content (AvgIpc) is 2.18. The van der Waals surface area contributed by atoms with E-state index in [2.05, 4.69) is 50.4 Å². The summed E-state index contributed by atoms with van der Waals surface area (Å²) < 4.78 is 0.439. The summed E-state index contributed by atoms with van der Waals surface area (Å²) in [4.78, 5) is 17.7. The molecule has 0 radical (unpaired) electrons. The zero-order chi connectivity index (χ0) is 11.3. The topological polar surface area (TPSA) is 69.8 Å². The quantitative estimate of drug-likeness (QED) is 0.699. The van der Waals surface area contributed by atoms with E-state index >= 15 is 0 Å². The molecule has 0 fully saturated rings. The van der Waals surface area contributed by atoms with Gasteiger partial charge in [-0.3, -0.25) is 4.79 Å². The fourth-order valence-electron chi connectivity index (χ4n) is 1.05. The van der Waals surface area contributed by atoms with Crippen LogP contribution in [0.15, 0.2) is 15.6 Å². The number of nitrogens with one attached hydrogen (secondary N) is 3. The number of rotatable bonds is 5. The lowest BCUT2D eigenvalue weighted by molar-refractivity contribution is 0.602. The van der Waals surface area contributed by atoms with Crippen LogP contribution >= 0.6 is 15.9 Å². The molecule has 0 saturated heterocycles. The predicted octanol–water partition coefficient (Wildman–Crippen LogP) is 0.942. The Morgan fingerprint density at radius 1 is 1.53 bits per heavy atom. The maximum atomic E-state index is 11.2. The van der Waals surface area contributed by atoms with Gasteiger partial charge in [0, 0.05) is 19.1 Å². The molecule has 0 aliphatic carbocycles. The summed E-state index contributed by atoms with van der Waals surface area (Å²) in [5, 5.41) is 6.33. The van der Waals surface area contributed by atoms with E-state index in [9.17, 15) is 4.79 Å². The van der Waals surface area contributed by atoms with Gasteiger partial charge in [0.25, 0.3) is 5.56 Å². The molecule has 0 spiro atoms. The smallest absolute Gasteiger partial charge is 0.267 e. The normalized spacial score (nSPS) is 10.7. The van der Waals surface area contributed by atoms with E-state index in [1.807, 2.05) is 0 Å². The molecule has 0 aromatic carbocycles. The van der Waals surface area contributed by atoms with Crippen molar-refractivity contribution in [2.24, 2.45) is 0 Å². The highest BCUT2D eigenvalue weighted by Gasteiger charge is 2.03. The second-order valence-electron chi connectivity index (χ2n) is 3.43. The van der Waals surface area contributed by atoms with Crippen LogP contribution in [-0.2, 0) is 0 Å². The minimum atomic E-state index is -0.177. The molecule has 0 atom stereocenters. The number of H-pyrrole nitrogens is 1. The van der Waals surface area contributed by atoms with Crippen LogP contribution in [0.1, 0.15) is 13.8 Å². The Balaban J connectivity index is 2.44. The highest BCUT2D eigenvalue weighted by atomic mass is 79.9. The van der Waals surface area contributed by atoms with Gasteiger partial charge in [-0.1, -0.05) is 13.8 Å². The van der Waals surface area contributed by atoms with E-state index < -0.39 is 0 Å². The fraction of sp³-hybridized carbons (Fsp3) is 0.556. The average molecular weight is 275 g/mol. The fourth-order valence-corrected chi connectivity index (χ4v) is 1.41. The highest BCUT2D eigenvalue weighted by Crippen LogP contribution is 2.11. The molecule has 6 heteroatoms. The number of aromatic nitrogens is 2. The number of hydrogen-bond donors (Lipinski definition) is 3. The molecule has 0 bridgehead atoms. The highest BCUT2D eigenvalue weighted by molar-refractivity contribution is 9.10. The lowest BCUT2D eigenvalue weighted by atomic mass is 10.4. The van der Waals surface area contributed by atoms with Gasteiger partial charge < -0.3 is 15.6 Å². The van der Waals surface area contributed by atoms with Crippen LogP contribution in [0.5, 0.6) is 0 Å². The van der Waals surface area contributed by atoms with E-state index in [0.29, 0.717) is 16.3 Å². The zero-order valence-corrected chi connectivity index (χ0v) is 10.4. The molecule has 3 N–H and O–H groups in total. The lowest BCUT2D eigenvalue weighted by Gasteiger charge is -2.09. The van der Waals surface area contributed by atoms with Gasteiger partial charge in [0.15, 0.2) is 0 Å². The van der Waals surface area contributed by atoms with E-state index in [1.54, 1.807) is 0 Å². The third-order valence-electron chi connectivity index (χ3n) is 1.77. The number of hydrogen-bond acceptors (Lipinski definition) is 4. The minimum Gasteiger partial charge on any atom is -0.368 e. The Kier molecular flexibility index (Phi) is 4.77. The maximum Gasteiger partial charge on any atom is 0.267 e. The third kappa shape index (κ3) is 4.01. The van der Waals surface area contributed by atoms with Crippen molar-refractivity contribution in [2.45, 2.75) is 19.9 Å². The van der Waals surface area contributed by atoms with Crippen molar-refractivity contribution in [1.29, 1.82) is 0 Å². The molecule has 1 aromatic rings. The number of aromatic amines is 1. The molecule has 0 saturated carbocycles. The molecule has 0 aliphatic rings. The molecular weight excluding hydrogens is 260 g/mol. The van der Waals surface area contributed by atoms with Gasteiger partial charge >= 0.3 is 0 Å². The molecule has 0 amide bonds. The Hall–Kier alpha value is -0.880. The van der Waals surface area contributed by atoms with E-state index in [1.165, 1.54) is 6.33 Å². The summed E-state index contributed by atoms with van der Waals surface area (Å²) >= 11 is 3.17. The molecule has 15 heavy (non-hydrogen) atoms. The SMILES string of the molecule is CC(C)NCCNc1nc[nH]c(=O)c1Br. The molecule has 0 aliphatic heterocycles. The third-order valence-corrected chi connectivity index (χ3v) is 2.50. The summed E-state index contributed by atoms with van der Waals surface area (Å²) in [6.07, 6.45) is 1.38. The van der Waals surface area contributed by atoms with Gasteiger partial charge in [0.05, 0.1) is 6.33 Å². The largest absolute Gasteiger partial charge is 0.368 e. The molecule has 1 aromatic heterocycles. The zero-order valence-electron chi connectivity index (χ0n) is 8.80. The monoisotopic (exact) mass is 274 g/mol. The van der Waals surface area contributed by atoms with Gasteiger partial charge in [-0.2, -0.15) is 0 Å². The second kappa shape index (κ2) is 5.87. The number of halogens is 1. The first-order valence-corrected chi connectivity index (χ1v) is 5.61. The summed E-state index contributed by atoms with van der Waals surface area (Å²) in [5.74, 6) is 0.573. The van der Waals surface area contributed by atoms with Crippen LogP contribution in [0.4, 0.5) is 5.82 Å². The van der Waals surface area contributed by atoms with Crippen LogP contribution in [0.25, 0.3) is 0 Å². The van der Waals surface area contributed by atoms with Crippen molar-refractivity contribution in [1.82, 2.24) is 15.3 Å². The first-order chi connectivity index (χ1) is 7.11. The molecule has 0 unspecified atom stereocenters. The van der Waals surface area contributed by atoms with Crippen molar-refractivity contribution < 1.29 is 0 Å². The van der Waals surface area contributed by atoms with E-state index in [4.69, 9.17) is 0 Å². The number of nitrogens with zero attached hydrogens (tertiary/aromatic N) is 1. The van der Waals surface area contributed by atoms with E-state index in [0.717, 1.165) is 13.1 Å². The van der Waals surface area contributed by atoms with Crippen molar-refractivity contribution >= 4 is 21.7 Å². The molecular formula is C9H15BrN4O. The standard InChI is InChI=1S/C9H15BrN4O/c1-6(2)11-3-4-12-8-7(10)9(15)14-5-13-8/h5-6,11H,3-4H2,1-2H3,(H2,12,13,14,15). The summed E-state index contributed by atoms with van der Waals surface area (Å²) in [5.41, 5.74) is -0.177. The summed E-state index contributed by atoms with van der Waals surface area (Å²) in [6, 6.07) is 0.461. The Morgan fingerprint density at radius 2 is 2.27 bits per heavy atom. The van der Waals surface area contributed by atoms with Gasteiger partial charge in [-0.05, 0) is 15.9 Å². The Morgan fingerprint density at radius 3 is 2.93 bits per heavy atom. The first-order valence-electron chi connectivity index (χ1n) is 4.81. The van der Waals surface area contributed by atoms with Crippen LogP contribution in [-0.4, -0.2) is 29.1 Å². The molecule has 5 nitrogen and oxygen atoms in total. The van der Waals surface area contributed by atoms with Crippen molar-refractivity contribution in [3.63, 3.8) is 0 Å². The van der Waals surface area contributed by atoms with Gasteiger partial charge in [-0.25, -0.2) is 4.98 Å². The van der Waals surface area contributed by atoms with Gasteiger partial charge in [0.1, 0.15) is 10.3 Å². The first kappa shape index (κ1) is 12.2. The van der Waals surface area contributed by atoms with Crippen LogP contribution < -0.4 is 16.2 Å². The Labute approximate surface area is 96.8 Å². The molecule has 84 valence electrons. The molecule has 1 heterocycles. The van der Waals surface area contributed by atoms with Crippen molar-refractivity contribution in [3.05, 3.63) is 21.2 Å². The lowest BCUT2D eigenvalue weighted by Crippen LogP contribution is -2.28. The minimum absolute atomic E-state index is 0.177. The number of anilines is 1. The van der Waals surface area contributed by atoms with Crippen molar-refractivity contribution in [3.8, 4) is 0 Å². The summed E-state index contributed by atoms with van der Waals surface area (Å²) in [7, 11) is 0. The maximum absolute atomic E-state index is 11.2. The van der Waals surface area contributed by atoms with Crippen LogP contribution in [0.3, 0.4) is 0 Å². The van der Waals surface area contributed by atoms with Crippen molar-refractivity contribution in [2.75, 3.05) is 18.4 Å². The van der Waals surface area contributed by atoms with Crippen LogP contribution in [0, 0.1) is 0 Å². The van der Waals surface area contributed by atoms with Gasteiger partial charge in [-0.15, -0.1) is 0 Å². The van der Waals surface area contributed by atoms with E-state index in [-0.39, 0.29) is 5.56 Å². The summed E-state index contributed by atoms with van der Waals surface area (Å²) in [6.45, 7) is 5.73. The van der Waals surface area contributed by atoms with Crippen LogP contribution in [0.2, 0.25) is 0 Å². The van der Waals surface area contributed by atoms with Gasteiger partial charge in [0.2, 0.25) is 0 Å².